The molecule has 0 atom stereocenters. The van der Waals surface area contributed by atoms with Gasteiger partial charge in [0.05, 0.1) is 10.6 Å². The first kappa shape index (κ1) is 13.2. The van der Waals surface area contributed by atoms with E-state index in [4.69, 9.17) is 5.73 Å². The monoisotopic (exact) mass is 326 g/mol. The van der Waals surface area contributed by atoms with Gasteiger partial charge >= 0.3 is 5.69 Å². The summed E-state index contributed by atoms with van der Waals surface area (Å²) >= 11 is 3.14. The Bertz CT molecular complexity index is 651. The van der Waals surface area contributed by atoms with Gasteiger partial charge in [-0.25, -0.2) is 9.37 Å². The van der Waals surface area contributed by atoms with Crippen molar-refractivity contribution in [3.8, 4) is 0 Å². The van der Waals surface area contributed by atoms with E-state index >= 15 is 0 Å². The van der Waals surface area contributed by atoms with Crippen LogP contribution in [0, 0.1) is 15.9 Å². The standard InChI is InChI=1S/C11H8BrFN4O2/c12-6-1-2-8(7(13)5-6)15-10-4-3-9(17(18)19)11(14)16-10/h1-5H,(H3,14,15,16). The van der Waals surface area contributed by atoms with E-state index in [1.54, 1.807) is 6.07 Å². The summed E-state index contributed by atoms with van der Waals surface area (Å²) in [5, 5.41) is 13.3. The molecule has 0 fully saturated rings. The van der Waals surface area contributed by atoms with Crippen LogP contribution in [0.5, 0.6) is 0 Å². The summed E-state index contributed by atoms with van der Waals surface area (Å²) in [5.41, 5.74) is 5.35. The van der Waals surface area contributed by atoms with Gasteiger partial charge < -0.3 is 11.1 Å². The zero-order valence-corrected chi connectivity index (χ0v) is 11.0. The highest BCUT2D eigenvalue weighted by atomic mass is 79.9. The van der Waals surface area contributed by atoms with Crippen molar-refractivity contribution in [2.24, 2.45) is 0 Å². The maximum atomic E-state index is 13.6. The van der Waals surface area contributed by atoms with Gasteiger partial charge in [-0.05, 0) is 24.3 Å². The molecule has 2 rings (SSSR count). The first-order valence-electron chi connectivity index (χ1n) is 5.10. The van der Waals surface area contributed by atoms with Crippen molar-refractivity contribution < 1.29 is 9.31 Å². The van der Waals surface area contributed by atoms with Gasteiger partial charge in [0.2, 0.25) is 5.82 Å². The number of nitro groups is 1. The van der Waals surface area contributed by atoms with E-state index in [-0.39, 0.29) is 23.0 Å². The number of pyridine rings is 1. The van der Waals surface area contributed by atoms with E-state index in [0.29, 0.717) is 4.47 Å². The first-order valence-corrected chi connectivity index (χ1v) is 5.89. The average Bonchev–Trinajstić information content (AvgIpc) is 2.32. The van der Waals surface area contributed by atoms with Crippen LogP contribution in [0.1, 0.15) is 0 Å². The summed E-state index contributed by atoms with van der Waals surface area (Å²) in [4.78, 5) is 13.8. The molecule has 0 spiro atoms. The normalized spacial score (nSPS) is 10.2. The first-order chi connectivity index (χ1) is 8.97. The number of halogens is 2. The Kier molecular flexibility index (Phi) is 3.61. The number of nitrogens with one attached hydrogen (secondary N) is 1. The van der Waals surface area contributed by atoms with E-state index in [9.17, 15) is 14.5 Å². The Morgan fingerprint density at radius 2 is 2.11 bits per heavy atom. The molecule has 1 heterocycles. The SMILES string of the molecule is Nc1nc(Nc2ccc(Br)cc2F)ccc1[N+](=O)[O-]. The topological polar surface area (TPSA) is 94.1 Å². The molecular weight excluding hydrogens is 319 g/mol. The van der Waals surface area contributed by atoms with Crippen molar-refractivity contribution in [1.29, 1.82) is 0 Å². The molecule has 0 aliphatic carbocycles. The fourth-order valence-electron chi connectivity index (χ4n) is 1.42. The van der Waals surface area contributed by atoms with Gasteiger partial charge in [0.25, 0.3) is 0 Å². The lowest BCUT2D eigenvalue weighted by Crippen LogP contribution is -2.02. The minimum atomic E-state index is -0.633. The number of rotatable bonds is 3. The van der Waals surface area contributed by atoms with Crippen LogP contribution in [0.4, 0.5) is 27.4 Å². The number of nitrogens with two attached hydrogens (primary N) is 1. The van der Waals surface area contributed by atoms with Crippen molar-refractivity contribution in [3.63, 3.8) is 0 Å². The molecule has 0 saturated carbocycles. The van der Waals surface area contributed by atoms with E-state index in [2.05, 4.69) is 26.2 Å². The summed E-state index contributed by atoms with van der Waals surface area (Å²) < 4.78 is 14.2. The quantitative estimate of drug-likeness (QED) is 0.667. The van der Waals surface area contributed by atoms with Crippen LogP contribution in [0.2, 0.25) is 0 Å². The second-order valence-corrected chi connectivity index (χ2v) is 4.52. The highest BCUT2D eigenvalue weighted by Gasteiger charge is 2.13. The molecule has 0 amide bonds. The molecular formula is C11H8BrFN4O2. The minimum absolute atomic E-state index is 0.198. The van der Waals surface area contributed by atoms with E-state index in [1.165, 1.54) is 24.3 Å². The number of nitrogen functional groups attached to an aromatic ring is 1. The predicted molar refractivity (Wildman–Crippen MR) is 72.7 cm³/mol. The Morgan fingerprint density at radius 3 is 2.68 bits per heavy atom. The van der Waals surface area contributed by atoms with Gasteiger partial charge in [0.1, 0.15) is 11.6 Å². The van der Waals surface area contributed by atoms with Crippen molar-refractivity contribution in [3.05, 3.63) is 50.7 Å². The molecule has 19 heavy (non-hydrogen) atoms. The summed E-state index contributed by atoms with van der Waals surface area (Å²) in [7, 11) is 0. The van der Waals surface area contributed by atoms with Crippen LogP contribution in [-0.2, 0) is 0 Å². The van der Waals surface area contributed by atoms with Crippen molar-refractivity contribution in [1.82, 2.24) is 4.98 Å². The lowest BCUT2D eigenvalue weighted by atomic mass is 10.3. The fraction of sp³-hybridized carbons (Fsp3) is 0. The molecule has 1 aromatic heterocycles. The van der Waals surface area contributed by atoms with E-state index in [1.807, 2.05) is 0 Å². The number of anilines is 3. The van der Waals surface area contributed by atoms with Crippen LogP contribution in [0.25, 0.3) is 0 Å². The van der Waals surface area contributed by atoms with Crippen LogP contribution in [0.15, 0.2) is 34.8 Å². The second kappa shape index (κ2) is 5.19. The van der Waals surface area contributed by atoms with E-state index in [0.717, 1.165) is 0 Å². The summed E-state index contributed by atoms with van der Waals surface area (Å²) in [5.74, 6) is -0.482. The van der Waals surface area contributed by atoms with Crippen molar-refractivity contribution in [2.45, 2.75) is 0 Å². The molecule has 3 N–H and O–H groups in total. The minimum Gasteiger partial charge on any atom is -0.378 e. The predicted octanol–water partition coefficient (Wildman–Crippen LogP) is 3.22. The van der Waals surface area contributed by atoms with Crippen LogP contribution >= 0.6 is 15.9 Å². The number of aromatic nitrogens is 1. The Labute approximate surface area is 115 Å². The molecule has 8 heteroatoms. The van der Waals surface area contributed by atoms with Gasteiger partial charge in [-0.2, -0.15) is 0 Å². The third kappa shape index (κ3) is 2.97. The number of benzene rings is 1. The maximum Gasteiger partial charge on any atom is 0.311 e. The van der Waals surface area contributed by atoms with Gasteiger partial charge in [0.15, 0.2) is 0 Å². The summed E-state index contributed by atoms with van der Waals surface area (Å²) in [6.45, 7) is 0. The molecule has 1 aromatic carbocycles. The Hall–Kier alpha value is -2.22. The fourth-order valence-corrected chi connectivity index (χ4v) is 1.75. The number of hydrogen-bond acceptors (Lipinski definition) is 5. The van der Waals surface area contributed by atoms with Crippen LogP contribution in [0.3, 0.4) is 0 Å². The second-order valence-electron chi connectivity index (χ2n) is 3.61. The van der Waals surface area contributed by atoms with Gasteiger partial charge in [-0.15, -0.1) is 0 Å². The molecule has 98 valence electrons. The molecule has 0 bridgehead atoms. The molecule has 0 unspecified atom stereocenters. The Morgan fingerprint density at radius 1 is 1.37 bits per heavy atom. The van der Waals surface area contributed by atoms with Crippen molar-refractivity contribution >= 4 is 38.9 Å². The lowest BCUT2D eigenvalue weighted by Gasteiger charge is -2.07. The molecule has 0 radical (unpaired) electrons. The molecule has 0 aliphatic heterocycles. The number of nitrogens with zero attached hydrogens (tertiary/aromatic N) is 2. The zero-order chi connectivity index (χ0) is 14.0. The average molecular weight is 327 g/mol. The summed E-state index contributed by atoms with van der Waals surface area (Å²) in [6.07, 6.45) is 0. The van der Waals surface area contributed by atoms with Gasteiger partial charge in [-0.1, -0.05) is 15.9 Å². The molecule has 0 saturated heterocycles. The maximum absolute atomic E-state index is 13.6. The highest BCUT2D eigenvalue weighted by Crippen LogP contribution is 2.25. The molecule has 0 aliphatic rings. The smallest absolute Gasteiger partial charge is 0.311 e. The molecule has 2 aromatic rings. The van der Waals surface area contributed by atoms with Gasteiger partial charge in [-0.3, -0.25) is 10.1 Å². The van der Waals surface area contributed by atoms with Crippen molar-refractivity contribution in [2.75, 3.05) is 11.1 Å². The molecule has 6 nitrogen and oxygen atoms in total. The highest BCUT2D eigenvalue weighted by molar-refractivity contribution is 9.10. The third-order valence-corrected chi connectivity index (χ3v) is 2.79. The Balaban J connectivity index is 2.29. The van der Waals surface area contributed by atoms with Crippen LogP contribution in [-0.4, -0.2) is 9.91 Å². The zero-order valence-electron chi connectivity index (χ0n) is 9.43. The summed E-state index contributed by atoms with van der Waals surface area (Å²) in [6, 6.07) is 7.02. The van der Waals surface area contributed by atoms with E-state index < -0.39 is 10.7 Å². The lowest BCUT2D eigenvalue weighted by molar-refractivity contribution is -0.384. The van der Waals surface area contributed by atoms with Crippen LogP contribution < -0.4 is 11.1 Å². The number of hydrogen-bond donors (Lipinski definition) is 2. The third-order valence-electron chi connectivity index (χ3n) is 2.29. The largest absolute Gasteiger partial charge is 0.378 e. The van der Waals surface area contributed by atoms with Gasteiger partial charge in [0, 0.05) is 10.5 Å².